The fourth-order valence-electron chi connectivity index (χ4n) is 0.985. The standard InChI is InChI=1S/C10H13N3OS/c1-13(2)10(14)12-8-5-3-4-7(6-8)9(11)15/h3-6H,1-2H3,(H2,11,15)(H,12,14). The van der Waals surface area contributed by atoms with Crippen molar-refractivity contribution in [1.82, 2.24) is 4.90 Å². The lowest BCUT2D eigenvalue weighted by Crippen LogP contribution is -2.27. The van der Waals surface area contributed by atoms with Crippen LogP contribution in [0.15, 0.2) is 24.3 Å². The fourth-order valence-corrected chi connectivity index (χ4v) is 1.11. The van der Waals surface area contributed by atoms with Gasteiger partial charge in [0.05, 0.1) is 0 Å². The zero-order valence-corrected chi connectivity index (χ0v) is 9.47. The van der Waals surface area contributed by atoms with Crippen molar-refractivity contribution in [3.63, 3.8) is 0 Å². The first-order valence-corrected chi connectivity index (χ1v) is 4.79. The van der Waals surface area contributed by atoms with Gasteiger partial charge in [0.2, 0.25) is 0 Å². The topological polar surface area (TPSA) is 58.4 Å². The van der Waals surface area contributed by atoms with Crippen molar-refractivity contribution in [2.24, 2.45) is 5.73 Å². The molecule has 0 heterocycles. The maximum Gasteiger partial charge on any atom is 0.321 e. The molecule has 0 aromatic heterocycles. The van der Waals surface area contributed by atoms with E-state index in [0.29, 0.717) is 10.7 Å². The van der Waals surface area contributed by atoms with Crippen molar-refractivity contribution >= 4 is 28.9 Å². The van der Waals surface area contributed by atoms with Gasteiger partial charge in [0.1, 0.15) is 4.99 Å². The third-order valence-corrected chi connectivity index (χ3v) is 2.04. The van der Waals surface area contributed by atoms with Gasteiger partial charge >= 0.3 is 6.03 Å². The van der Waals surface area contributed by atoms with Crippen LogP contribution in [0.4, 0.5) is 10.5 Å². The van der Waals surface area contributed by atoms with Crippen molar-refractivity contribution in [2.45, 2.75) is 0 Å². The van der Waals surface area contributed by atoms with E-state index in [-0.39, 0.29) is 6.03 Å². The quantitative estimate of drug-likeness (QED) is 0.745. The molecule has 1 aromatic carbocycles. The van der Waals surface area contributed by atoms with Gasteiger partial charge in [-0.1, -0.05) is 24.4 Å². The molecule has 0 spiro atoms. The van der Waals surface area contributed by atoms with Gasteiger partial charge in [0, 0.05) is 25.3 Å². The third-order valence-electron chi connectivity index (χ3n) is 1.80. The Labute approximate surface area is 94.1 Å². The molecule has 4 nitrogen and oxygen atoms in total. The van der Waals surface area contributed by atoms with Crippen LogP contribution in [-0.4, -0.2) is 30.0 Å². The van der Waals surface area contributed by atoms with Crippen LogP contribution in [0.2, 0.25) is 0 Å². The molecule has 2 amide bonds. The lowest BCUT2D eigenvalue weighted by molar-refractivity contribution is 0.230. The highest BCUT2D eigenvalue weighted by Gasteiger charge is 2.04. The van der Waals surface area contributed by atoms with Gasteiger partial charge in [-0.15, -0.1) is 0 Å². The molecule has 80 valence electrons. The molecule has 1 aromatic rings. The minimum atomic E-state index is -0.185. The number of nitrogens with one attached hydrogen (secondary N) is 1. The highest BCUT2D eigenvalue weighted by atomic mass is 32.1. The van der Waals surface area contributed by atoms with Crippen LogP contribution < -0.4 is 11.1 Å². The number of nitrogens with zero attached hydrogens (tertiary/aromatic N) is 1. The number of urea groups is 1. The van der Waals surface area contributed by atoms with Gasteiger partial charge in [-0.25, -0.2) is 4.79 Å². The Bertz CT molecular complexity index is 390. The smallest absolute Gasteiger partial charge is 0.321 e. The number of benzene rings is 1. The Morgan fingerprint density at radius 3 is 2.67 bits per heavy atom. The fraction of sp³-hybridized carbons (Fsp3) is 0.200. The molecular formula is C10H13N3OS. The van der Waals surface area contributed by atoms with E-state index in [9.17, 15) is 4.79 Å². The Hall–Kier alpha value is -1.62. The molecule has 0 saturated carbocycles. The Morgan fingerprint density at radius 1 is 1.47 bits per heavy atom. The summed E-state index contributed by atoms with van der Waals surface area (Å²) in [5.41, 5.74) is 6.90. The number of nitrogens with two attached hydrogens (primary N) is 1. The van der Waals surface area contributed by atoms with Crippen molar-refractivity contribution < 1.29 is 4.79 Å². The first-order chi connectivity index (χ1) is 7.00. The predicted octanol–water partition coefficient (Wildman–Crippen LogP) is 1.41. The highest BCUT2D eigenvalue weighted by Crippen LogP contribution is 2.10. The number of carbonyl (C=O) groups is 1. The van der Waals surface area contributed by atoms with Gasteiger partial charge < -0.3 is 16.0 Å². The van der Waals surface area contributed by atoms with Crippen LogP contribution in [0.25, 0.3) is 0 Å². The summed E-state index contributed by atoms with van der Waals surface area (Å²) in [7, 11) is 3.35. The van der Waals surface area contributed by atoms with Crippen LogP contribution in [0, 0.1) is 0 Å². The van der Waals surface area contributed by atoms with Gasteiger partial charge in [0.15, 0.2) is 0 Å². The van der Waals surface area contributed by atoms with E-state index in [1.807, 2.05) is 0 Å². The normalized spacial score (nSPS) is 9.47. The molecule has 3 N–H and O–H groups in total. The maximum atomic E-state index is 11.3. The molecule has 15 heavy (non-hydrogen) atoms. The number of hydrogen-bond donors (Lipinski definition) is 2. The summed E-state index contributed by atoms with van der Waals surface area (Å²) in [6.07, 6.45) is 0. The van der Waals surface area contributed by atoms with E-state index >= 15 is 0 Å². The minimum absolute atomic E-state index is 0.185. The van der Waals surface area contributed by atoms with Crippen LogP contribution in [0.5, 0.6) is 0 Å². The highest BCUT2D eigenvalue weighted by molar-refractivity contribution is 7.80. The summed E-state index contributed by atoms with van der Waals surface area (Å²) in [5.74, 6) is 0. The molecule has 0 bridgehead atoms. The SMILES string of the molecule is CN(C)C(=O)Nc1cccc(C(N)=S)c1. The number of anilines is 1. The van der Waals surface area contributed by atoms with E-state index < -0.39 is 0 Å². The Morgan fingerprint density at radius 2 is 2.13 bits per heavy atom. The molecule has 0 saturated heterocycles. The maximum absolute atomic E-state index is 11.3. The summed E-state index contributed by atoms with van der Waals surface area (Å²) in [5, 5.41) is 2.71. The molecule has 0 aliphatic heterocycles. The van der Waals surface area contributed by atoms with E-state index in [1.165, 1.54) is 4.90 Å². The van der Waals surface area contributed by atoms with Gasteiger partial charge in [0.25, 0.3) is 0 Å². The number of thiocarbonyl (C=S) groups is 1. The van der Waals surface area contributed by atoms with Crippen LogP contribution in [0.3, 0.4) is 0 Å². The van der Waals surface area contributed by atoms with Crippen LogP contribution in [-0.2, 0) is 0 Å². The zero-order chi connectivity index (χ0) is 11.4. The van der Waals surface area contributed by atoms with Gasteiger partial charge in [-0.3, -0.25) is 0 Å². The second-order valence-corrected chi connectivity index (χ2v) is 3.71. The molecular weight excluding hydrogens is 210 g/mol. The molecule has 5 heteroatoms. The van der Waals surface area contributed by atoms with E-state index in [0.717, 1.165) is 5.56 Å². The van der Waals surface area contributed by atoms with Crippen LogP contribution in [0.1, 0.15) is 5.56 Å². The molecule has 0 aliphatic rings. The molecule has 0 atom stereocenters. The average molecular weight is 223 g/mol. The molecule has 1 rings (SSSR count). The first-order valence-electron chi connectivity index (χ1n) is 4.39. The van der Waals surface area contributed by atoms with Crippen molar-refractivity contribution in [2.75, 3.05) is 19.4 Å². The van der Waals surface area contributed by atoms with Crippen molar-refractivity contribution in [3.05, 3.63) is 29.8 Å². The minimum Gasteiger partial charge on any atom is -0.389 e. The second-order valence-electron chi connectivity index (χ2n) is 3.27. The van der Waals surface area contributed by atoms with E-state index in [4.69, 9.17) is 18.0 Å². The van der Waals surface area contributed by atoms with Gasteiger partial charge in [-0.2, -0.15) is 0 Å². The second kappa shape index (κ2) is 4.75. The third kappa shape index (κ3) is 3.21. The predicted molar refractivity (Wildman–Crippen MR) is 65.0 cm³/mol. The molecule has 0 aliphatic carbocycles. The number of hydrogen-bond acceptors (Lipinski definition) is 2. The lowest BCUT2D eigenvalue weighted by atomic mass is 10.2. The monoisotopic (exact) mass is 223 g/mol. The van der Waals surface area contributed by atoms with E-state index in [2.05, 4.69) is 5.32 Å². The summed E-state index contributed by atoms with van der Waals surface area (Å²) < 4.78 is 0. The summed E-state index contributed by atoms with van der Waals surface area (Å²) >= 11 is 4.84. The van der Waals surface area contributed by atoms with Crippen molar-refractivity contribution in [3.8, 4) is 0 Å². The molecule has 0 fully saturated rings. The summed E-state index contributed by atoms with van der Waals surface area (Å²) in [4.78, 5) is 13.1. The Balaban J connectivity index is 2.83. The molecule has 0 unspecified atom stereocenters. The summed E-state index contributed by atoms with van der Waals surface area (Å²) in [6.45, 7) is 0. The first kappa shape index (κ1) is 11.5. The average Bonchev–Trinajstić information content (AvgIpc) is 2.18. The van der Waals surface area contributed by atoms with Crippen LogP contribution >= 0.6 is 12.2 Å². The molecule has 0 radical (unpaired) electrons. The Kier molecular flexibility index (Phi) is 3.62. The number of carbonyl (C=O) groups excluding carboxylic acids is 1. The number of rotatable bonds is 2. The van der Waals surface area contributed by atoms with Gasteiger partial charge in [-0.05, 0) is 12.1 Å². The zero-order valence-electron chi connectivity index (χ0n) is 8.65. The van der Waals surface area contributed by atoms with E-state index in [1.54, 1.807) is 38.4 Å². The largest absolute Gasteiger partial charge is 0.389 e. The number of amides is 2. The van der Waals surface area contributed by atoms with Crippen molar-refractivity contribution in [1.29, 1.82) is 0 Å². The summed E-state index contributed by atoms with van der Waals surface area (Å²) in [6, 6.07) is 6.93. The lowest BCUT2D eigenvalue weighted by Gasteiger charge is -2.12.